The van der Waals surface area contributed by atoms with Gasteiger partial charge in [-0.2, -0.15) is 0 Å². The van der Waals surface area contributed by atoms with Crippen molar-refractivity contribution in [3.8, 4) is 0 Å². The molecular weight excluding hydrogens is 140 g/mol. The SMILES string of the molecule is CC(=O)[C@]12CC(=O)[C@H](C)[C@H]1C2. The van der Waals surface area contributed by atoms with E-state index < -0.39 is 0 Å². The Labute approximate surface area is 66.0 Å². The maximum Gasteiger partial charge on any atom is 0.137 e. The molecule has 0 unspecified atom stereocenters. The molecule has 0 spiro atoms. The van der Waals surface area contributed by atoms with E-state index >= 15 is 0 Å². The number of ketones is 2. The highest BCUT2D eigenvalue weighted by molar-refractivity contribution is 5.98. The molecule has 0 bridgehead atoms. The normalized spacial score (nSPS) is 47.3. The topological polar surface area (TPSA) is 34.1 Å². The summed E-state index contributed by atoms with van der Waals surface area (Å²) in [5, 5.41) is 0. The Hall–Kier alpha value is -0.660. The van der Waals surface area contributed by atoms with Gasteiger partial charge in [-0.25, -0.2) is 0 Å². The molecule has 2 heteroatoms. The van der Waals surface area contributed by atoms with Crippen LogP contribution in [0, 0.1) is 17.3 Å². The zero-order chi connectivity index (χ0) is 8.22. The van der Waals surface area contributed by atoms with Crippen LogP contribution in [0.4, 0.5) is 0 Å². The first-order valence-electron chi connectivity index (χ1n) is 4.12. The van der Waals surface area contributed by atoms with Gasteiger partial charge in [0.1, 0.15) is 11.6 Å². The summed E-state index contributed by atoms with van der Waals surface area (Å²) in [6.07, 6.45) is 1.49. The van der Waals surface area contributed by atoms with Crippen LogP contribution in [0.25, 0.3) is 0 Å². The Bertz CT molecular complexity index is 242. The Morgan fingerprint density at radius 2 is 2.27 bits per heavy atom. The van der Waals surface area contributed by atoms with Crippen molar-refractivity contribution in [2.45, 2.75) is 26.7 Å². The number of carbonyl (C=O) groups excluding carboxylic acids is 2. The quantitative estimate of drug-likeness (QED) is 0.565. The van der Waals surface area contributed by atoms with Crippen molar-refractivity contribution in [3.63, 3.8) is 0 Å². The highest BCUT2D eigenvalue weighted by atomic mass is 16.1. The molecule has 2 saturated carbocycles. The molecule has 3 atom stereocenters. The van der Waals surface area contributed by atoms with Gasteiger partial charge < -0.3 is 0 Å². The van der Waals surface area contributed by atoms with Gasteiger partial charge in [-0.15, -0.1) is 0 Å². The van der Waals surface area contributed by atoms with E-state index in [9.17, 15) is 9.59 Å². The van der Waals surface area contributed by atoms with E-state index in [0.717, 1.165) is 6.42 Å². The lowest BCUT2D eigenvalue weighted by Crippen LogP contribution is -2.12. The lowest BCUT2D eigenvalue weighted by atomic mass is 9.99. The summed E-state index contributed by atoms with van der Waals surface area (Å²) < 4.78 is 0. The second kappa shape index (κ2) is 1.74. The minimum absolute atomic E-state index is 0.152. The fourth-order valence-electron chi connectivity index (χ4n) is 2.42. The van der Waals surface area contributed by atoms with E-state index in [2.05, 4.69) is 0 Å². The number of Topliss-reactive ketones (excluding diaryl/α,β-unsaturated/α-hetero) is 2. The molecule has 0 amide bonds. The summed E-state index contributed by atoms with van der Waals surface area (Å²) in [4.78, 5) is 22.3. The van der Waals surface area contributed by atoms with Crippen LogP contribution in [0.15, 0.2) is 0 Å². The Balaban J connectivity index is 2.26. The van der Waals surface area contributed by atoms with E-state index in [1.165, 1.54) is 0 Å². The zero-order valence-electron chi connectivity index (χ0n) is 6.89. The van der Waals surface area contributed by atoms with Crippen molar-refractivity contribution >= 4 is 11.6 Å². The van der Waals surface area contributed by atoms with Crippen LogP contribution in [0.3, 0.4) is 0 Å². The van der Waals surface area contributed by atoms with Crippen LogP contribution in [0.5, 0.6) is 0 Å². The monoisotopic (exact) mass is 152 g/mol. The number of fused-ring (bicyclic) bond motifs is 1. The highest BCUT2D eigenvalue weighted by Crippen LogP contribution is 2.64. The molecular formula is C9H12O2. The zero-order valence-corrected chi connectivity index (χ0v) is 6.89. The first-order chi connectivity index (χ1) is 5.08. The van der Waals surface area contributed by atoms with E-state index in [-0.39, 0.29) is 22.9 Å². The van der Waals surface area contributed by atoms with Gasteiger partial charge in [0.2, 0.25) is 0 Å². The van der Waals surface area contributed by atoms with Gasteiger partial charge in [0.25, 0.3) is 0 Å². The molecule has 2 aliphatic carbocycles. The first-order valence-corrected chi connectivity index (χ1v) is 4.12. The fraction of sp³-hybridized carbons (Fsp3) is 0.778. The van der Waals surface area contributed by atoms with Crippen LogP contribution in [-0.4, -0.2) is 11.6 Å². The van der Waals surface area contributed by atoms with Crippen molar-refractivity contribution < 1.29 is 9.59 Å². The van der Waals surface area contributed by atoms with Crippen molar-refractivity contribution in [1.29, 1.82) is 0 Å². The smallest absolute Gasteiger partial charge is 0.137 e. The Kier molecular flexibility index (Phi) is 1.11. The maximum absolute atomic E-state index is 11.2. The van der Waals surface area contributed by atoms with Crippen molar-refractivity contribution in [2.75, 3.05) is 0 Å². The number of rotatable bonds is 1. The molecule has 11 heavy (non-hydrogen) atoms. The van der Waals surface area contributed by atoms with E-state index in [1.807, 2.05) is 6.92 Å². The van der Waals surface area contributed by atoms with Gasteiger partial charge in [0.15, 0.2) is 0 Å². The molecule has 0 N–H and O–H groups in total. The van der Waals surface area contributed by atoms with Gasteiger partial charge in [0, 0.05) is 17.8 Å². The molecule has 0 aromatic rings. The molecule has 60 valence electrons. The summed E-state index contributed by atoms with van der Waals surface area (Å²) in [5.74, 6) is 1.06. The average Bonchev–Trinajstić information content (AvgIpc) is 2.57. The van der Waals surface area contributed by atoms with Gasteiger partial charge >= 0.3 is 0 Å². The number of hydrogen-bond donors (Lipinski definition) is 0. The molecule has 2 aliphatic rings. The van der Waals surface area contributed by atoms with Crippen molar-refractivity contribution in [2.24, 2.45) is 17.3 Å². The maximum atomic E-state index is 11.2. The van der Waals surface area contributed by atoms with E-state index in [1.54, 1.807) is 6.92 Å². The second-order valence-corrected chi connectivity index (χ2v) is 3.95. The van der Waals surface area contributed by atoms with Crippen molar-refractivity contribution in [1.82, 2.24) is 0 Å². The first kappa shape index (κ1) is 7.01. The molecule has 0 saturated heterocycles. The van der Waals surface area contributed by atoms with Gasteiger partial charge in [0.05, 0.1) is 0 Å². The van der Waals surface area contributed by atoms with Crippen LogP contribution < -0.4 is 0 Å². The average molecular weight is 152 g/mol. The van der Waals surface area contributed by atoms with Gasteiger partial charge in [-0.05, 0) is 19.3 Å². The third-order valence-electron chi connectivity index (χ3n) is 3.44. The summed E-state index contributed by atoms with van der Waals surface area (Å²) in [6.45, 7) is 3.57. The third-order valence-corrected chi connectivity index (χ3v) is 3.44. The molecule has 2 rings (SSSR count). The summed E-state index contributed by atoms with van der Waals surface area (Å²) >= 11 is 0. The lowest BCUT2D eigenvalue weighted by molar-refractivity contribution is -0.126. The summed E-state index contributed by atoms with van der Waals surface area (Å²) in [7, 11) is 0. The minimum atomic E-state index is -0.184. The number of carbonyl (C=O) groups is 2. The highest BCUT2D eigenvalue weighted by Gasteiger charge is 2.66. The predicted octanol–water partition coefficient (Wildman–Crippen LogP) is 1.19. The molecule has 0 aromatic carbocycles. The Morgan fingerprint density at radius 3 is 2.55 bits per heavy atom. The van der Waals surface area contributed by atoms with Gasteiger partial charge in [-0.3, -0.25) is 9.59 Å². The standard InChI is InChI=1S/C9H12O2/c1-5-7-3-9(7,6(2)10)4-8(5)11/h5,7H,3-4H2,1-2H3/t5-,7-,9+/m1/s1. The molecule has 0 aromatic heterocycles. The fourth-order valence-corrected chi connectivity index (χ4v) is 2.42. The van der Waals surface area contributed by atoms with Crippen LogP contribution >= 0.6 is 0 Å². The lowest BCUT2D eigenvalue weighted by Gasteiger charge is -2.02. The van der Waals surface area contributed by atoms with E-state index in [4.69, 9.17) is 0 Å². The summed E-state index contributed by atoms with van der Waals surface area (Å²) in [6, 6.07) is 0. The van der Waals surface area contributed by atoms with Gasteiger partial charge in [-0.1, -0.05) is 6.92 Å². The predicted molar refractivity (Wildman–Crippen MR) is 40.0 cm³/mol. The molecule has 0 aliphatic heterocycles. The Morgan fingerprint density at radius 1 is 1.64 bits per heavy atom. The van der Waals surface area contributed by atoms with E-state index in [0.29, 0.717) is 12.3 Å². The molecule has 0 radical (unpaired) electrons. The summed E-state index contributed by atoms with van der Waals surface area (Å²) in [5.41, 5.74) is -0.184. The molecule has 2 fully saturated rings. The van der Waals surface area contributed by atoms with Crippen LogP contribution in [-0.2, 0) is 9.59 Å². The molecule has 2 nitrogen and oxygen atoms in total. The second-order valence-electron chi connectivity index (χ2n) is 3.95. The third kappa shape index (κ3) is 0.673. The molecule has 0 heterocycles. The largest absolute Gasteiger partial charge is 0.299 e. The van der Waals surface area contributed by atoms with Crippen LogP contribution in [0.2, 0.25) is 0 Å². The van der Waals surface area contributed by atoms with Crippen molar-refractivity contribution in [3.05, 3.63) is 0 Å². The minimum Gasteiger partial charge on any atom is -0.299 e. The number of hydrogen-bond acceptors (Lipinski definition) is 2. The van der Waals surface area contributed by atoms with Crippen LogP contribution in [0.1, 0.15) is 26.7 Å².